The summed E-state index contributed by atoms with van der Waals surface area (Å²) in [5.74, 6) is 0. The number of carbonyl (C=O) groups is 1. The van der Waals surface area contributed by atoms with Crippen LogP contribution in [-0.2, 0) is 4.74 Å². The van der Waals surface area contributed by atoms with E-state index >= 15 is 0 Å². The Bertz CT molecular complexity index is 305. The zero-order chi connectivity index (χ0) is 13.7. The standard InChI is InChI=1S/C14H26N2O3/c1-14(5-3-6-14)11-15-13(18)16-7-2-4-12(10-16)19-9-8-17/h12,17H,2-11H2,1H3,(H,15,18)/t12-/m1/s1. The number of rotatable bonds is 5. The smallest absolute Gasteiger partial charge is 0.317 e. The van der Waals surface area contributed by atoms with Gasteiger partial charge in [0.2, 0.25) is 0 Å². The average molecular weight is 270 g/mol. The Morgan fingerprint density at radius 3 is 2.89 bits per heavy atom. The summed E-state index contributed by atoms with van der Waals surface area (Å²) in [6, 6.07) is 0.0328. The van der Waals surface area contributed by atoms with Crippen molar-refractivity contribution in [3.8, 4) is 0 Å². The molecule has 2 rings (SSSR count). The summed E-state index contributed by atoms with van der Waals surface area (Å²) < 4.78 is 5.52. The van der Waals surface area contributed by atoms with E-state index in [1.165, 1.54) is 19.3 Å². The summed E-state index contributed by atoms with van der Waals surface area (Å²) in [7, 11) is 0. The van der Waals surface area contributed by atoms with Crippen LogP contribution in [0, 0.1) is 5.41 Å². The van der Waals surface area contributed by atoms with Gasteiger partial charge < -0.3 is 20.1 Å². The van der Waals surface area contributed by atoms with Crippen molar-refractivity contribution in [3.63, 3.8) is 0 Å². The second kappa shape index (κ2) is 6.57. The van der Waals surface area contributed by atoms with E-state index in [4.69, 9.17) is 9.84 Å². The molecule has 2 fully saturated rings. The minimum Gasteiger partial charge on any atom is -0.394 e. The average Bonchev–Trinajstić information content (AvgIpc) is 2.40. The van der Waals surface area contributed by atoms with Gasteiger partial charge in [0.15, 0.2) is 0 Å². The van der Waals surface area contributed by atoms with Gasteiger partial charge in [-0.05, 0) is 31.1 Å². The van der Waals surface area contributed by atoms with E-state index in [1.807, 2.05) is 4.90 Å². The highest BCUT2D eigenvalue weighted by molar-refractivity contribution is 5.74. The van der Waals surface area contributed by atoms with Gasteiger partial charge in [-0.25, -0.2) is 4.79 Å². The highest BCUT2D eigenvalue weighted by Gasteiger charge is 2.33. The SMILES string of the molecule is CC1(CNC(=O)N2CCC[C@@H](OCCO)C2)CCC1. The molecule has 19 heavy (non-hydrogen) atoms. The zero-order valence-electron chi connectivity index (χ0n) is 11.9. The summed E-state index contributed by atoms with van der Waals surface area (Å²) in [5.41, 5.74) is 0.318. The molecule has 5 heteroatoms. The molecule has 0 unspecified atom stereocenters. The van der Waals surface area contributed by atoms with Crippen LogP contribution in [0.2, 0.25) is 0 Å². The second-order valence-corrected chi connectivity index (χ2v) is 6.13. The van der Waals surface area contributed by atoms with Gasteiger partial charge in [0.1, 0.15) is 0 Å². The molecule has 1 aliphatic heterocycles. The van der Waals surface area contributed by atoms with Gasteiger partial charge in [-0.2, -0.15) is 0 Å². The quantitative estimate of drug-likeness (QED) is 0.793. The molecule has 2 amide bonds. The fourth-order valence-electron chi connectivity index (χ4n) is 2.84. The van der Waals surface area contributed by atoms with E-state index in [0.717, 1.165) is 25.9 Å². The lowest BCUT2D eigenvalue weighted by molar-refractivity contribution is -0.00616. The van der Waals surface area contributed by atoms with Gasteiger partial charge in [-0.15, -0.1) is 0 Å². The molecule has 1 atom stereocenters. The highest BCUT2D eigenvalue weighted by atomic mass is 16.5. The largest absolute Gasteiger partial charge is 0.394 e. The van der Waals surface area contributed by atoms with Gasteiger partial charge in [0.25, 0.3) is 0 Å². The minimum atomic E-state index is 0.0328. The Morgan fingerprint density at radius 1 is 1.47 bits per heavy atom. The molecule has 5 nitrogen and oxygen atoms in total. The summed E-state index contributed by atoms with van der Waals surface area (Å²) >= 11 is 0. The monoisotopic (exact) mass is 270 g/mol. The molecular weight excluding hydrogens is 244 g/mol. The molecule has 1 saturated heterocycles. The zero-order valence-corrected chi connectivity index (χ0v) is 11.9. The Balaban J connectivity index is 1.72. The van der Waals surface area contributed by atoms with Crippen LogP contribution in [0.25, 0.3) is 0 Å². The summed E-state index contributed by atoms with van der Waals surface area (Å²) in [5, 5.41) is 11.8. The molecule has 0 aromatic rings. The predicted molar refractivity (Wildman–Crippen MR) is 73.0 cm³/mol. The molecular formula is C14H26N2O3. The van der Waals surface area contributed by atoms with Gasteiger partial charge in [0.05, 0.1) is 19.3 Å². The van der Waals surface area contributed by atoms with Crippen molar-refractivity contribution in [1.82, 2.24) is 10.2 Å². The lowest BCUT2D eigenvalue weighted by Gasteiger charge is -2.39. The number of hydrogen-bond acceptors (Lipinski definition) is 3. The van der Waals surface area contributed by atoms with Crippen molar-refractivity contribution in [2.24, 2.45) is 5.41 Å². The first-order chi connectivity index (χ1) is 9.13. The molecule has 2 N–H and O–H groups in total. The normalized spacial score (nSPS) is 25.8. The van der Waals surface area contributed by atoms with E-state index < -0.39 is 0 Å². The summed E-state index contributed by atoms with van der Waals surface area (Å²) in [6.45, 7) is 4.87. The maximum atomic E-state index is 12.1. The predicted octanol–water partition coefficient (Wildman–Crippen LogP) is 1.36. The molecule has 0 aromatic carbocycles. The third-order valence-electron chi connectivity index (χ3n) is 4.34. The molecule has 1 heterocycles. The van der Waals surface area contributed by atoms with E-state index in [0.29, 0.717) is 18.6 Å². The topological polar surface area (TPSA) is 61.8 Å². The van der Waals surface area contributed by atoms with Gasteiger partial charge in [-0.3, -0.25) is 0 Å². The number of aliphatic hydroxyl groups is 1. The third kappa shape index (κ3) is 4.08. The first kappa shape index (κ1) is 14.6. The summed E-state index contributed by atoms with van der Waals surface area (Å²) in [4.78, 5) is 14.0. The minimum absolute atomic E-state index is 0.0328. The van der Waals surface area contributed by atoms with Crippen LogP contribution in [0.4, 0.5) is 4.79 Å². The van der Waals surface area contributed by atoms with Crippen LogP contribution in [0.1, 0.15) is 39.0 Å². The van der Waals surface area contributed by atoms with Crippen molar-refractivity contribution in [2.75, 3.05) is 32.8 Å². The van der Waals surface area contributed by atoms with Crippen molar-refractivity contribution in [3.05, 3.63) is 0 Å². The van der Waals surface area contributed by atoms with Crippen molar-refractivity contribution < 1.29 is 14.6 Å². The first-order valence-corrected chi connectivity index (χ1v) is 7.38. The Hall–Kier alpha value is -0.810. The Kier molecular flexibility index (Phi) is 5.05. The molecule has 1 aliphatic carbocycles. The Morgan fingerprint density at radius 2 is 2.26 bits per heavy atom. The van der Waals surface area contributed by atoms with E-state index in [9.17, 15) is 4.79 Å². The fourth-order valence-corrected chi connectivity index (χ4v) is 2.84. The van der Waals surface area contributed by atoms with Crippen LogP contribution >= 0.6 is 0 Å². The highest BCUT2D eigenvalue weighted by Crippen LogP contribution is 2.39. The van der Waals surface area contributed by atoms with E-state index in [-0.39, 0.29) is 18.7 Å². The fraction of sp³-hybridized carbons (Fsp3) is 0.929. The van der Waals surface area contributed by atoms with Gasteiger partial charge >= 0.3 is 6.03 Å². The van der Waals surface area contributed by atoms with Gasteiger partial charge in [-0.1, -0.05) is 13.3 Å². The lowest BCUT2D eigenvalue weighted by Crippen LogP contribution is -2.50. The first-order valence-electron chi connectivity index (χ1n) is 7.38. The second-order valence-electron chi connectivity index (χ2n) is 6.13. The van der Waals surface area contributed by atoms with Crippen molar-refractivity contribution >= 4 is 6.03 Å². The Labute approximate surface area is 115 Å². The van der Waals surface area contributed by atoms with Crippen molar-refractivity contribution in [2.45, 2.75) is 45.1 Å². The number of nitrogens with zero attached hydrogens (tertiary/aromatic N) is 1. The molecule has 0 spiro atoms. The van der Waals surface area contributed by atoms with Crippen LogP contribution in [0.15, 0.2) is 0 Å². The number of hydrogen-bond donors (Lipinski definition) is 2. The van der Waals surface area contributed by atoms with Crippen LogP contribution in [-0.4, -0.2) is 55.0 Å². The number of likely N-dealkylation sites (tertiary alicyclic amines) is 1. The molecule has 2 aliphatic rings. The summed E-state index contributed by atoms with van der Waals surface area (Å²) in [6.07, 6.45) is 5.74. The van der Waals surface area contributed by atoms with Gasteiger partial charge in [0, 0.05) is 19.6 Å². The third-order valence-corrected chi connectivity index (χ3v) is 4.34. The molecule has 0 radical (unpaired) electrons. The number of nitrogens with one attached hydrogen (secondary N) is 1. The number of urea groups is 1. The van der Waals surface area contributed by atoms with E-state index in [1.54, 1.807) is 0 Å². The van der Waals surface area contributed by atoms with Crippen LogP contribution < -0.4 is 5.32 Å². The van der Waals surface area contributed by atoms with Crippen molar-refractivity contribution in [1.29, 1.82) is 0 Å². The lowest BCUT2D eigenvalue weighted by atomic mass is 9.70. The number of carbonyl (C=O) groups excluding carboxylic acids is 1. The van der Waals surface area contributed by atoms with Crippen LogP contribution in [0.5, 0.6) is 0 Å². The van der Waals surface area contributed by atoms with E-state index in [2.05, 4.69) is 12.2 Å². The number of ether oxygens (including phenoxy) is 1. The number of amides is 2. The molecule has 0 bridgehead atoms. The molecule has 0 aromatic heterocycles. The number of aliphatic hydroxyl groups excluding tert-OH is 1. The number of piperidine rings is 1. The van der Waals surface area contributed by atoms with Crippen LogP contribution in [0.3, 0.4) is 0 Å². The molecule has 1 saturated carbocycles. The maximum Gasteiger partial charge on any atom is 0.317 e. The maximum absolute atomic E-state index is 12.1. The molecule has 110 valence electrons.